The Balaban J connectivity index is 1.96. The first kappa shape index (κ1) is 13.5. The summed E-state index contributed by atoms with van der Waals surface area (Å²) in [7, 11) is 0. The summed E-state index contributed by atoms with van der Waals surface area (Å²) >= 11 is 0. The van der Waals surface area contributed by atoms with Gasteiger partial charge in [-0.1, -0.05) is 38.1 Å². The topological polar surface area (TPSA) is 46.3 Å². The van der Waals surface area contributed by atoms with Gasteiger partial charge in [-0.2, -0.15) is 4.52 Å². The monoisotopic (exact) mass is 295 g/mol. The van der Waals surface area contributed by atoms with Crippen LogP contribution in [0.2, 0.25) is 0 Å². The second-order valence-corrected chi connectivity index (χ2v) is 6.70. The molecule has 0 aliphatic carbocycles. The van der Waals surface area contributed by atoms with E-state index in [1.54, 1.807) is 0 Å². The van der Waals surface area contributed by atoms with Gasteiger partial charge >= 0.3 is 0 Å². The third-order valence-electron chi connectivity index (χ3n) is 4.57. The number of anilines is 1. The minimum Gasteiger partial charge on any atom is -0.354 e. The lowest BCUT2D eigenvalue weighted by Crippen LogP contribution is -2.39. The lowest BCUT2D eigenvalue weighted by atomic mass is 9.92. The Bertz CT molecular complexity index is 828. The Morgan fingerprint density at radius 2 is 1.68 bits per heavy atom. The van der Waals surface area contributed by atoms with Crippen molar-refractivity contribution in [3.05, 3.63) is 30.1 Å². The molecular formula is C17H21N5. The molecule has 1 saturated heterocycles. The van der Waals surface area contributed by atoms with Crippen LogP contribution in [0.3, 0.4) is 0 Å². The van der Waals surface area contributed by atoms with Crippen molar-refractivity contribution in [1.82, 2.24) is 19.8 Å². The van der Waals surface area contributed by atoms with Crippen molar-refractivity contribution in [3.63, 3.8) is 0 Å². The maximum atomic E-state index is 4.87. The third-order valence-corrected chi connectivity index (χ3v) is 4.57. The molecule has 4 rings (SSSR count). The Hall–Kier alpha value is -2.17. The fourth-order valence-electron chi connectivity index (χ4n) is 3.74. The summed E-state index contributed by atoms with van der Waals surface area (Å²) in [5.74, 6) is 3.29. The SMILES string of the molecule is Cc1nnc2c3ccccc3c(N3CC(C)CC(C)C3)nn12. The zero-order valence-electron chi connectivity index (χ0n) is 13.3. The van der Waals surface area contributed by atoms with Crippen LogP contribution in [0.15, 0.2) is 24.3 Å². The summed E-state index contributed by atoms with van der Waals surface area (Å²) in [5.41, 5.74) is 0.843. The van der Waals surface area contributed by atoms with Crippen LogP contribution in [0.1, 0.15) is 26.1 Å². The van der Waals surface area contributed by atoms with Gasteiger partial charge in [-0.05, 0) is 25.2 Å². The Kier molecular flexibility index (Phi) is 3.03. The molecule has 0 saturated carbocycles. The van der Waals surface area contributed by atoms with E-state index in [0.29, 0.717) is 11.8 Å². The molecule has 0 amide bonds. The number of aromatic nitrogens is 4. The number of piperidine rings is 1. The van der Waals surface area contributed by atoms with E-state index in [1.165, 1.54) is 11.8 Å². The normalized spacial score (nSPS) is 22.6. The van der Waals surface area contributed by atoms with Crippen molar-refractivity contribution >= 4 is 22.2 Å². The van der Waals surface area contributed by atoms with Crippen LogP contribution in [0.25, 0.3) is 16.4 Å². The maximum Gasteiger partial charge on any atom is 0.185 e. The van der Waals surface area contributed by atoms with E-state index in [9.17, 15) is 0 Å². The summed E-state index contributed by atoms with van der Waals surface area (Å²) in [6, 6.07) is 8.38. The predicted octanol–water partition coefficient (Wildman–Crippen LogP) is 3.07. The quantitative estimate of drug-likeness (QED) is 0.692. The summed E-state index contributed by atoms with van der Waals surface area (Å²) in [6.45, 7) is 8.73. The Morgan fingerprint density at radius 1 is 1.00 bits per heavy atom. The molecule has 0 bridgehead atoms. The molecule has 2 unspecified atom stereocenters. The minimum atomic E-state index is 0.696. The number of hydrogen-bond donors (Lipinski definition) is 0. The van der Waals surface area contributed by atoms with Crippen molar-refractivity contribution in [1.29, 1.82) is 0 Å². The molecule has 1 aliphatic heterocycles. The number of nitrogens with zero attached hydrogens (tertiary/aromatic N) is 5. The zero-order chi connectivity index (χ0) is 15.3. The first-order chi connectivity index (χ1) is 10.6. The van der Waals surface area contributed by atoms with Gasteiger partial charge in [-0.3, -0.25) is 0 Å². The molecule has 0 N–H and O–H groups in total. The highest BCUT2D eigenvalue weighted by Crippen LogP contribution is 2.31. The van der Waals surface area contributed by atoms with Crippen LogP contribution in [0, 0.1) is 18.8 Å². The van der Waals surface area contributed by atoms with Crippen molar-refractivity contribution in [2.75, 3.05) is 18.0 Å². The average Bonchev–Trinajstić information content (AvgIpc) is 2.87. The van der Waals surface area contributed by atoms with Crippen LogP contribution >= 0.6 is 0 Å². The third kappa shape index (κ3) is 2.03. The number of rotatable bonds is 1. The van der Waals surface area contributed by atoms with Crippen LogP contribution < -0.4 is 4.90 Å². The first-order valence-electron chi connectivity index (χ1n) is 7.99. The van der Waals surface area contributed by atoms with Gasteiger partial charge < -0.3 is 4.90 Å². The van der Waals surface area contributed by atoms with E-state index < -0.39 is 0 Å². The largest absolute Gasteiger partial charge is 0.354 e. The Labute approximate surface area is 130 Å². The number of aryl methyl sites for hydroxylation is 1. The lowest BCUT2D eigenvalue weighted by molar-refractivity contribution is 0.355. The van der Waals surface area contributed by atoms with Gasteiger partial charge in [0.15, 0.2) is 17.3 Å². The highest BCUT2D eigenvalue weighted by Gasteiger charge is 2.25. The second-order valence-electron chi connectivity index (χ2n) is 6.70. The molecule has 2 atom stereocenters. The molecule has 22 heavy (non-hydrogen) atoms. The standard InChI is InChI=1S/C17H21N5/c1-11-8-12(2)10-21(9-11)17-15-7-5-4-6-14(15)16-19-18-13(3)22(16)20-17/h4-7,11-12H,8-10H2,1-3H3. The van der Waals surface area contributed by atoms with Gasteiger partial charge in [0.2, 0.25) is 0 Å². The summed E-state index contributed by atoms with van der Waals surface area (Å²) in [6.07, 6.45) is 1.29. The van der Waals surface area contributed by atoms with Gasteiger partial charge in [0.25, 0.3) is 0 Å². The van der Waals surface area contributed by atoms with Crippen molar-refractivity contribution < 1.29 is 0 Å². The summed E-state index contributed by atoms with van der Waals surface area (Å²) in [4.78, 5) is 2.43. The molecule has 0 radical (unpaired) electrons. The van der Waals surface area contributed by atoms with E-state index in [2.05, 4.69) is 53.2 Å². The van der Waals surface area contributed by atoms with Crippen molar-refractivity contribution in [2.45, 2.75) is 27.2 Å². The molecule has 3 aromatic rings. The number of hydrogen-bond acceptors (Lipinski definition) is 4. The molecule has 1 aromatic carbocycles. The van der Waals surface area contributed by atoms with Gasteiger partial charge in [-0.25, -0.2) is 0 Å². The molecule has 2 aromatic heterocycles. The molecule has 5 heteroatoms. The summed E-state index contributed by atoms with van der Waals surface area (Å²) in [5, 5.41) is 15.7. The maximum absolute atomic E-state index is 4.87. The van der Waals surface area contributed by atoms with E-state index in [4.69, 9.17) is 5.10 Å². The fraction of sp³-hybridized carbons (Fsp3) is 0.471. The first-order valence-corrected chi connectivity index (χ1v) is 7.99. The van der Waals surface area contributed by atoms with Gasteiger partial charge in [0.05, 0.1) is 0 Å². The fourth-order valence-corrected chi connectivity index (χ4v) is 3.74. The molecule has 1 aliphatic rings. The van der Waals surface area contributed by atoms with Crippen molar-refractivity contribution in [2.24, 2.45) is 11.8 Å². The number of benzene rings is 1. The predicted molar refractivity (Wildman–Crippen MR) is 88.2 cm³/mol. The highest BCUT2D eigenvalue weighted by molar-refractivity contribution is 6.00. The van der Waals surface area contributed by atoms with E-state index in [-0.39, 0.29) is 0 Å². The van der Waals surface area contributed by atoms with E-state index >= 15 is 0 Å². The van der Waals surface area contributed by atoms with Crippen LogP contribution in [0.4, 0.5) is 5.82 Å². The summed E-state index contributed by atoms with van der Waals surface area (Å²) < 4.78 is 1.88. The molecule has 0 spiro atoms. The van der Waals surface area contributed by atoms with E-state index in [0.717, 1.165) is 35.8 Å². The van der Waals surface area contributed by atoms with Gasteiger partial charge in [0, 0.05) is 23.9 Å². The van der Waals surface area contributed by atoms with Gasteiger partial charge in [0.1, 0.15) is 0 Å². The molecule has 1 fully saturated rings. The molecule has 114 valence electrons. The second kappa shape index (κ2) is 4.93. The van der Waals surface area contributed by atoms with Crippen LogP contribution in [0.5, 0.6) is 0 Å². The zero-order valence-corrected chi connectivity index (χ0v) is 13.3. The lowest BCUT2D eigenvalue weighted by Gasteiger charge is -2.36. The number of fused-ring (bicyclic) bond motifs is 3. The van der Waals surface area contributed by atoms with E-state index in [1.807, 2.05) is 11.4 Å². The van der Waals surface area contributed by atoms with Crippen molar-refractivity contribution in [3.8, 4) is 0 Å². The van der Waals surface area contributed by atoms with Crippen LogP contribution in [-0.4, -0.2) is 32.9 Å². The molecule has 3 heterocycles. The minimum absolute atomic E-state index is 0.696. The van der Waals surface area contributed by atoms with Crippen LogP contribution in [-0.2, 0) is 0 Å². The molecular weight excluding hydrogens is 274 g/mol. The van der Waals surface area contributed by atoms with Gasteiger partial charge in [-0.15, -0.1) is 15.3 Å². The average molecular weight is 295 g/mol. The molecule has 5 nitrogen and oxygen atoms in total. The highest BCUT2D eigenvalue weighted by atomic mass is 15.4. The Morgan fingerprint density at radius 3 is 2.41 bits per heavy atom. The smallest absolute Gasteiger partial charge is 0.185 e.